The molecule has 6 heteroatoms. The van der Waals surface area contributed by atoms with E-state index in [1.165, 1.54) is 7.11 Å². The number of carboxylic acid groups (broad SMARTS) is 2. The summed E-state index contributed by atoms with van der Waals surface area (Å²) in [7, 11) is 1.25. The summed E-state index contributed by atoms with van der Waals surface area (Å²) in [6.45, 7) is 1.54. The first-order chi connectivity index (χ1) is 6.49. The first kappa shape index (κ1) is 10.5. The van der Waals surface area contributed by atoms with Crippen LogP contribution in [0.2, 0.25) is 0 Å². The van der Waals surface area contributed by atoms with Gasteiger partial charge in [0.05, 0.1) is 7.11 Å². The van der Waals surface area contributed by atoms with Crippen LogP contribution in [-0.4, -0.2) is 29.3 Å². The minimum atomic E-state index is -1.18. The first-order valence-corrected chi connectivity index (χ1v) is 4.44. The van der Waals surface area contributed by atoms with Crippen molar-refractivity contribution in [2.75, 3.05) is 7.11 Å². The van der Waals surface area contributed by atoms with Gasteiger partial charge in [-0.25, -0.2) is 9.59 Å². The molecule has 0 aliphatic rings. The Morgan fingerprint density at radius 2 is 1.86 bits per heavy atom. The summed E-state index contributed by atoms with van der Waals surface area (Å²) in [6, 6.07) is 0. The fourth-order valence-electron chi connectivity index (χ4n) is 1.11. The van der Waals surface area contributed by atoms with Crippen LogP contribution in [0.4, 0.5) is 0 Å². The number of thiophene rings is 1. The van der Waals surface area contributed by atoms with E-state index in [2.05, 4.69) is 0 Å². The molecule has 1 rings (SSSR count). The summed E-state index contributed by atoms with van der Waals surface area (Å²) in [4.78, 5) is 21.8. The molecule has 1 heterocycles. The van der Waals surface area contributed by atoms with E-state index >= 15 is 0 Å². The van der Waals surface area contributed by atoms with Crippen LogP contribution in [0.5, 0.6) is 5.75 Å². The van der Waals surface area contributed by atoms with Crippen molar-refractivity contribution in [1.82, 2.24) is 0 Å². The first-order valence-electron chi connectivity index (χ1n) is 3.63. The van der Waals surface area contributed by atoms with Gasteiger partial charge in [-0.1, -0.05) is 0 Å². The third-order valence-corrected chi connectivity index (χ3v) is 2.73. The highest BCUT2D eigenvalue weighted by atomic mass is 32.1. The van der Waals surface area contributed by atoms with Gasteiger partial charge < -0.3 is 14.9 Å². The molecule has 0 saturated carbocycles. The molecule has 0 saturated heterocycles. The molecule has 76 valence electrons. The normalized spacial score (nSPS) is 9.86. The molecule has 5 nitrogen and oxygen atoms in total. The van der Waals surface area contributed by atoms with Crippen LogP contribution in [0.3, 0.4) is 0 Å². The van der Waals surface area contributed by atoms with Gasteiger partial charge in [0, 0.05) is 4.88 Å². The number of rotatable bonds is 3. The third-order valence-electron chi connectivity index (χ3n) is 1.65. The Balaban J connectivity index is 3.43. The van der Waals surface area contributed by atoms with Crippen LogP contribution < -0.4 is 4.74 Å². The van der Waals surface area contributed by atoms with Gasteiger partial charge in [-0.05, 0) is 6.92 Å². The number of aryl methyl sites for hydroxylation is 1. The van der Waals surface area contributed by atoms with Crippen molar-refractivity contribution in [2.45, 2.75) is 6.92 Å². The Kier molecular flexibility index (Phi) is 2.76. The Hall–Kier alpha value is -1.56. The fourth-order valence-corrected chi connectivity index (χ4v) is 2.06. The van der Waals surface area contributed by atoms with Crippen LogP contribution in [0.25, 0.3) is 0 Å². The average Bonchev–Trinajstić information content (AvgIpc) is 2.41. The predicted octanol–water partition coefficient (Wildman–Crippen LogP) is 1.46. The molecule has 0 bridgehead atoms. The minimum absolute atomic E-state index is 0.0742. The summed E-state index contributed by atoms with van der Waals surface area (Å²) >= 11 is 0.897. The fraction of sp³-hybridized carbons (Fsp3) is 0.250. The molecule has 0 spiro atoms. The highest BCUT2D eigenvalue weighted by Crippen LogP contribution is 2.34. The largest absolute Gasteiger partial charge is 0.494 e. The Labute approximate surface area is 83.6 Å². The van der Waals surface area contributed by atoms with Gasteiger partial charge in [0.25, 0.3) is 0 Å². The van der Waals surface area contributed by atoms with E-state index in [0.29, 0.717) is 4.88 Å². The number of aromatic carboxylic acids is 2. The standard InChI is InChI=1S/C8H8O5S/c1-3-4(7(9)10)5(13-2)6(14-3)8(11)12/h1-2H3,(H,9,10)(H,11,12). The van der Waals surface area contributed by atoms with Crippen LogP contribution in [0.1, 0.15) is 24.9 Å². The Morgan fingerprint density at radius 3 is 2.21 bits per heavy atom. The second-order valence-corrected chi connectivity index (χ2v) is 3.73. The molecule has 0 aromatic carbocycles. The Bertz CT molecular complexity index is 393. The van der Waals surface area contributed by atoms with Gasteiger partial charge >= 0.3 is 11.9 Å². The molecule has 0 atom stereocenters. The summed E-state index contributed by atoms with van der Waals surface area (Å²) in [5.41, 5.74) is -0.0742. The molecular formula is C8H8O5S. The Morgan fingerprint density at radius 1 is 1.29 bits per heavy atom. The highest BCUT2D eigenvalue weighted by molar-refractivity contribution is 7.14. The molecule has 0 aliphatic heterocycles. The molecule has 1 aromatic rings. The number of hydrogen-bond acceptors (Lipinski definition) is 4. The molecule has 0 unspecified atom stereocenters. The highest BCUT2D eigenvalue weighted by Gasteiger charge is 2.25. The predicted molar refractivity (Wildman–Crippen MR) is 49.5 cm³/mol. The van der Waals surface area contributed by atoms with Crippen molar-refractivity contribution >= 4 is 23.3 Å². The topological polar surface area (TPSA) is 83.8 Å². The zero-order chi connectivity index (χ0) is 10.9. The average molecular weight is 216 g/mol. The molecule has 0 aliphatic carbocycles. The van der Waals surface area contributed by atoms with Crippen molar-refractivity contribution in [3.63, 3.8) is 0 Å². The number of ether oxygens (including phenoxy) is 1. The van der Waals surface area contributed by atoms with E-state index in [0.717, 1.165) is 11.3 Å². The summed E-state index contributed by atoms with van der Waals surface area (Å²) in [5, 5.41) is 17.6. The lowest BCUT2D eigenvalue weighted by Gasteiger charge is -1.99. The van der Waals surface area contributed by atoms with E-state index in [1.54, 1.807) is 6.92 Å². The zero-order valence-electron chi connectivity index (χ0n) is 7.53. The minimum Gasteiger partial charge on any atom is -0.494 e. The second-order valence-electron chi connectivity index (χ2n) is 2.51. The van der Waals surface area contributed by atoms with Gasteiger partial charge in [0.15, 0.2) is 10.6 Å². The van der Waals surface area contributed by atoms with Crippen LogP contribution >= 0.6 is 11.3 Å². The van der Waals surface area contributed by atoms with E-state index in [-0.39, 0.29) is 16.2 Å². The van der Waals surface area contributed by atoms with E-state index in [9.17, 15) is 9.59 Å². The molecule has 2 N–H and O–H groups in total. The van der Waals surface area contributed by atoms with Crippen molar-refractivity contribution < 1.29 is 24.5 Å². The number of carbonyl (C=O) groups is 2. The molecule has 0 fully saturated rings. The zero-order valence-corrected chi connectivity index (χ0v) is 8.34. The number of methoxy groups -OCH3 is 1. The molecule has 0 radical (unpaired) electrons. The SMILES string of the molecule is COc1c(C(=O)O)sc(C)c1C(=O)O. The second kappa shape index (κ2) is 3.67. The summed E-state index contributed by atoms with van der Waals surface area (Å²) in [6.07, 6.45) is 0. The summed E-state index contributed by atoms with van der Waals surface area (Å²) < 4.78 is 4.77. The van der Waals surface area contributed by atoms with E-state index < -0.39 is 11.9 Å². The molecule has 0 amide bonds. The maximum atomic E-state index is 10.8. The van der Waals surface area contributed by atoms with Gasteiger partial charge in [0.2, 0.25) is 0 Å². The summed E-state index contributed by atoms with van der Waals surface area (Å²) in [5.74, 6) is -2.43. The van der Waals surface area contributed by atoms with Crippen LogP contribution in [0, 0.1) is 6.92 Å². The van der Waals surface area contributed by atoms with Crippen molar-refractivity contribution in [3.05, 3.63) is 15.3 Å². The maximum absolute atomic E-state index is 10.8. The smallest absolute Gasteiger partial charge is 0.349 e. The molecule has 1 aromatic heterocycles. The number of carboxylic acids is 2. The molecular weight excluding hydrogens is 208 g/mol. The van der Waals surface area contributed by atoms with Crippen LogP contribution in [-0.2, 0) is 0 Å². The van der Waals surface area contributed by atoms with Gasteiger partial charge in [-0.2, -0.15) is 0 Å². The third kappa shape index (κ3) is 1.56. The maximum Gasteiger partial charge on any atom is 0.349 e. The van der Waals surface area contributed by atoms with Gasteiger partial charge in [-0.15, -0.1) is 11.3 Å². The van der Waals surface area contributed by atoms with Gasteiger partial charge in [0.1, 0.15) is 5.56 Å². The monoisotopic (exact) mass is 216 g/mol. The molecule has 14 heavy (non-hydrogen) atoms. The lowest BCUT2D eigenvalue weighted by Crippen LogP contribution is -2.02. The van der Waals surface area contributed by atoms with Crippen LogP contribution in [0.15, 0.2) is 0 Å². The lowest BCUT2D eigenvalue weighted by molar-refractivity contribution is 0.0693. The van der Waals surface area contributed by atoms with E-state index in [1.807, 2.05) is 0 Å². The quantitative estimate of drug-likeness (QED) is 0.799. The lowest BCUT2D eigenvalue weighted by atomic mass is 10.2. The van der Waals surface area contributed by atoms with E-state index in [4.69, 9.17) is 14.9 Å². The van der Waals surface area contributed by atoms with Gasteiger partial charge in [-0.3, -0.25) is 0 Å². The van der Waals surface area contributed by atoms with Crippen molar-refractivity contribution in [1.29, 1.82) is 0 Å². The number of hydrogen-bond donors (Lipinski definition) is 2. The van der Waals surface area contributed by atoms with Crippen molar-refractivity contribution in [3.8, 4) is 5.75 Å². The van der Waals surface area contributed by atoms with Crippen molar-refractivity contribution in [2.24, 2.45) is 0 Å².